The molecule has 0 saturated carbocycles. The van der Waals surface area contributed by atoms with Crippen LogP contribution in [0.5, 0.6) is 0 Å². The van der Waals surface area contributed by atoms with Crippen LogP contribution < -0.4 is 10.6 Å². The van der Waals surface area contributed by atoms with Gasteiger partial charge in [0.2, 0.25) is 0 Å². The van der Waals surface area contributed by atoms with Crippen molar-refractivity contribution in [3.8, 4) is 0 Å². The summed E-state index contributed by atoms with van der Waals surface area (Å²) < 4.78 is 4.83. The molecule has 1 atom stereocenters. The summed E-state index contributed by atoms with van der Waals surface area (Å²) in [6.45, 7) is 6.29. The van der Waals surface area contributed by atoms with Gasteiger partial charge in [-0.15, -0.1) is 0 Å². The fourth-order valence-electron chi connectivity index (χ4n) is 1.25. The number of carbonyl (C=O) groups is 2. The molecule has 0 aromatic carbocycles. The summed E-state index contributed by atoms with van der Waals surface area (Å²) in [5, 5.41) is 14.0. The van der Waals surface area contributed by atoms with Gasteiger partial charge in [0, 0.05) is 20.3 Å². The van der Waals surface area contributed by atoms with Crippen LogP contribution in [0.2, 0.25) is 0 Å². The molecule has 0 aliphatic carbocycles. The third kappa shape index (κ3) is 6.78. The number of amides is 2. The van der Waals surface area contributed by atoms with Gasteiger partial charge in [-0.3, -0.25) is 0 Å². The van der Waals surface area contributed by atoms with Crippen LogP contribution in [0.15, 0.2) is 0 Å². The molecule has 0 rings (SSSR count). The Morgan fingerprint density at radius 3 is 2.35 bits per heavy atom. The lowest BCUT2D eigenvalue weighted by molar-refractivity contribution is -0.141. The lowest BCUT2D eigenvalue weighted by Crippen LogP contribution is -2.52. The average Bonchev–Trinajstić information content (AvgIpc) is 2.19. The van der Waals surface area contributed by atoms with E-state index in [1.807, 2.05) is 0 Å². The van der Waals surface area contributed by atoms with Gasteiger partial charge in [-0.25, -0.2) is 9.59 Å². The van der Waals surface area contributed by atoms with Crippen molar-refractivity contribution in [2.24, 2.45) is 5.41 Å². The minimum Gasteiger partial charge on any atom is -0.480 e. The summed E-state index contributed by atoms with van der Waals surface area (Å²) >= 11 is 0. The van der Waals surface area contributed by atoms with E-state index in [1.165, 1.54) is 0 Å². The largest absolute Gasteiger partial charge is 0.480 e. The van der Waals surface area contributed by atoms with Crippen LogP contribution in [-0.4, -0.2) is 43.4 Å². The fraction of sp³-hybridized carbons (Fsp3) is 0.818. The van der Waals surface area contributed by atoms with Crippen molar-refractivity contribution < 1.29 is 19.4 Å². The number of carboxylic acids is 1. The monoisotopic (exact) mass is 246 g/mol. The molecule has 2 amide bonds. The number of methoxy groups -OCH3 is 1. The van der Waals surface area contributed by atoms with Gasteiger partial charge in [-0.1, -0.05) is 20.8 Å². The quantitative estimate of drug-likeness (QED) is 0.605. The van der Waals surface area contributed by atoms with E-state index >= 15 is 0 Å². The molecule has 0 aliphatic heterocycles. The molecule has 6 nitrogen and oxygen atoms in total. The predicted octanol–water partition coefficient (Wildman–Crippen LogP) is 0.821. The van der Waals surface area contributed by atoms with Crippen molar-refractivity contribution in [1.82, 2.24) is 10.6 Å². The van der Waals surface area contributed by atoms with Gasteiger partial charge < -0.3 is 20.5 Å². The number of nitrogens with one attached hydrogen (secondary N) is 2. The average molecular weight is 246 g/mol. The topological polar surface area (TPSA) is 87.7 Å². The zero-order chi connectivity index (χ0) is 13.5. The lowest BCUT2D eigenvalue weighted by atomic mass is 9.87. The van der Waals surface area contributed by atoms with E-state index in [-0.39, 0.29) is 0 Å². The lowest BCUT2D eigenvalue weighted by Gasteiger charge is -2.27. The van der Waals surface area contributed by atoms with E-state index < -0.39 is 23.5 Å². The van der Waals surface area contributed by atoms with Crippen molar-refractivity contribution in [2.45, 2.75) is 33.2 Å². The summed E-state index contributed by atoms with van der Waals surface area (Å²) in [6, 6.07) is -1.38. The second-order valence-electron chi connectivity index (χ2n) is 4.88. The van der Waals surface area contributed by atoms with Crippen molar-refractivity contribution in [1.29, 1.82) is 0 Å². The highest BCUT2D eigenvalue weighted by Gasteiger charge is 2.32. The Balaban J connectivity index is 4.11. The number of hydrogen-bond acceptors (Lipinski definition) is 3. The number of carbonyl (C=O) groups excluding carboxylic acids is 1. The third-order valence-electron chi connectivity index (χ3n) is 2.20. The Kier molecular flexibility index (Phi) is 6.57. The van der Waals surface area contributed by atoms with E-state index in [0.29, 0.717) is 19.6 Å². The van der Waals surface area contributed by atoms with Gasteiger partial charge in [0.15, 0.2) is 0 Å². The smallest absolute Gasteiger partial charge is 0.326 e. The number of aliphatic carboxylic acids is 1. The molecule has 6 heteroatoms. The molecule has 100 valence electrons. The summed E-state index contributed by atoms with van der Waals surface area (Å²) in [7, 11) is 1.58. The Morgan fingerprint density at radius 1 is 1.35 bits per heavy atom. The number of rotatable bonds is 6. The second kappa shape index (κ2) is 7.11. The first-order chi connectivity index (χ1) is 7.79. The molecule has 0 aromatic heterocycles. The summed E-state index contributed by atoms with van der Waals surface area (Å²) in [6.07, 6.45) is 0.692. The van der Waals surface area contributed by atoms with Gasteiger partial charge in [-0.05, 0) is 11.8 Å². The number of ether oxygens (including phenoxy) is 1. The maximum absolute atomic E-state index is 11.4. The van der Waals surface area contributed by atoms with Gasteiger partial charge in [-0.2, -0.15) is 0 Å². The van der Waals surface area contributed by atoms with E-state index in [1.54, 1.807) is 27.9 Å². The molecule has 0 aliphatic rings. The Labute approximate surface area is 102 Å². The molecule has 0 heterocycles. The van der Waals surface area contributed by atoms with Crippen LogP contribution in [0.3, 0.4) is 0 Å². The van der Waals surface area contributed by atoms with Crippen molar-refractivity contribution >= 4 is 12.0 Å². The van der Waals surface area contributed by atoms with Crippen LogP contribution >= 0.6 is 0 Å². The van der Waals surface area contributed by atoms with Crippen LogP contribution in [0.4, 0.5) is 4.79 Å². The number of urea groups is 1. The van der Waals surface area contributed by atoms with Crippen LogP contribution in [0, 0.1) is 5.41 Å². The van der Waals surface area contributed by atoms with Crippen LogP contribution in [0.1, 0.15) is 27.2 Å². The maximum Gasteiger partial charge on any atom is 0.326 e. The SMILES string of the molecule is COCCCNC(=O)NC(C(=O)O)C(C)(C)C. The first-order valence-electron chi connectivity index (χ1n) is 5.55. The van der Waals surface area contributed by atoms with Crippen LogP contribution in [-0.2, 0) is 9.53 Å². The highest BCUT2D eigenvalue weighted by Crippen LogP contribution is 2.19. The Morgan fingerprint density at radius 2 is 1.94 bits per heavy atom. The zero-order valence-corrected chi connectivity index (χ0v) is 10.9. The number of carboxylic acid groups (broad SMARTS) is 1. The minimum absolute atomic E-state index is 0.455. The van der Waals surface area contributed by atoms with E-state index in [4.69, 9.17) is 9.84 Å². The van der Waals surface area contributed by atoms with E-state index in [0.717, 1.165) is 0 Å². The Bertz CT molecular complexity index is 261. The molecule has 0 spiro atoms. The minimum atomic E-state index is -1.04. The normalized spacial score (nSPS) is 12.9. The molecule has 1 unspecified atom stereocenters. The molecule has 0 bridgehead atoms. The molecular weight excluding hydrogens is 224 g/mol. The molecule has 0 aromatic rings. The third-order valence-corrected chi connectivity index (χ3v) is 2.20. The molecule has 3 N–H and O–H groups in total. The van der Waals surface area contributed by atoms with Gasteiger partial charge in [0.1, 0.15) is 6.04 Å². The summed E-state index contributed by atoms with van der Waals surface area (Å²) in [4.78, 5) is 22.4. The molecule has 0 fully saturated rings. The standard InChI is InChI=1S/C11H22N2O4/c1-11(2,3)8(9(14)15)13-10(16)12-6-5-7-17-4/h8H,5-7H2,1-4H3,(H,14,15)(H2,12,13,16). The van der Waals surface area contributed by atoms with Gasteiger partial charge >= 0.3 is 12.0 Å². The first-order valence-corrected chi connectivity index (χ1v) is 5.55. The zero-order valence-electron chi connectivity index (χ0n) is 10.9. The Hall–Kier alpha value is -1.30. The van der Waals surface area contributed by atoms with E-state index in [9.17, 15) is 9.59 Å². The summed E-state index contributed by atoms with van der Waals surface area (Å²) in [5.74, 6) is -1.04. The molecular formula is C11H22N2O4. The van der Waals surface area contributed by atoms with Gasteiger partial charge in [0.25, 0.3) is 0 Å². The van der Waals surface area contributed by atoms with Crippen molar-refractivity contribution in [2.75, 3.05) is 20.3 Å². The van der Waals surface area contributed by atoms with Gasteiger partial charge in [0.05, 0.1) is 0 Å². The van der Waals surface area contributed by atoms with Crippen molar-refractivity contribution in [3.63, 3.8) is 0 Å². The van der Waals surface area contributed by atoms with E-state index in [2.05, 4.69) is 10.6 Å². The molecule has 0 radical (unpaired) electrons. The highest BCUT2D eigenvalue weighted by atomic mass is 16.5. The first kappa shape index (κ1) is 15.7. The molecule has 0 saturated heterocycles. The predicted molar refractivity (Wildman–Crippen MR) is 63.9 cm³/mol. The maximum atomic E-state index is 11.4. The highest BCUT2D eigenvalue weighted by molar-refractivity contribution is 5.83. The van der Waals surface area contributed by atoms with Crippen molar-refractivity contribution in [3.05, 3.63) is 0 Å². The fourth-order valence-corrected chi connectivity index (χ4v) is 1.25. The molecule has 17 heavy (non-hydrogen) atoms. The van der Waals surface area contributed by atoms with Crippen LogP contribution in [0.25, 0.3) is 0 Å². The summed E-state index contributed by atoms with van der Waals surface area (Å²) in [5.41, 5.74) is -0.532. The second-order valence-corrected chi connectivity index (χ2v) is 4.88. The number of hydrogen-bond donors (Lipinski definition) is 3.